The second-order valence-corrected chi connectivity index (χ2v) is 4.38. The first-order valence-electron chi connectivity index (χ1n) is 5.40. The van der Waals surface area contributed by atoms with E-state index in [4.69, 9.17) is 23.2 Å². The van der Waals surface area contributed by atoms with E-state index >= 15 is 0 Å². The van der Waals surface area contributed by atoms with Gasteiger partial charge in [0.15, 0.2) is 6.04 Å². The minimum Gasteiger partial charge on any atom is -0.467 e. The van der Waals surface area contributed by atoms with Crippen molar-refractivity contribution in [3.8, 4) is 0 Å². The highest BCUT2D eigenvalue weighted by Crippen LogP contribution is 2.20. The molecular weight excluding hydrogens is 307 g/mol. The molecule has 0 heterocycles. The average Bonchev–Trinajstić information content (AvgIpc) is 2.42. The Balaban J connectivity index is 2.90. The molecule has 0 radical (unpaired) electrons. The number of halogens is 2. The number of methoxy groups -OCH3 is 1. The first-order chi connectivity index (χ1) is 9.49. The number of rotatable bonds is 5. The molecule has 6 nitrogen and oxygen atoms in total. The maximum Gasteiger partial charge on any atom is 0.334 e. The van der Waals surface area contributed by atoms with E-state index in [0.717, 1.165) is 6.21 Å². The van der Waals surface area contributed by atoms with Crippen LogP contribution in [0.3, 0.4) is 0 Å². The average molecular weight is 319 g/mol. The summed E-state index contributed by atoms with van der Waals surface area (Å²) in [6.45, 7) is 0. The van der Waals surface area contributed by atoms with Crippen molar-refractivity contribution >= 4 is 41.3 Å². The summed E-state index contributed by atoms with van der Waals surface area (Å²) in [5.41, 5.74) is 0.177. The monoisotopic (exact) mass is 318 g/mol. The third-order valence-corrected chi connectivity index (χ3v) is 2.78. The highest BCUT2D eigenvalue weighted by molar-refractivity contribution is 6.36. The number of hydrogen-bond donors (Lipinski definition) is 1. The zero-order valence-corrected chi connectivity index (χ0v) is 12.2. The highest BCUT2D eigenvalue weighted by Gasteiger charge is 2.21. The SMILES string of the molecule is CO/N=C/C(NC(=O)c1ccc(Cl)cc1Cl)C(=O)OC. The molecule has 0 saturated heterocycles. The molecule has 1 amide bonds. The molecule has 1 N–H and O–H groups in total. The van der Waals surface area contributed by atoms with Crippen LogP contribution in [-0.2, 0) is 14.4 Å². The summed E-state index contributed by atoms with van der Waals surface area (Å²) >= 11 is 11.6. The number of benzene rings is 1. The van der Waals surface area contributed by atoms with E-state index < -0.39 is 17.9 Å². The second-order valence-electron chi connectivity index (χ2n) is 3.54. The normalized spacial score (nSPS) is 12.0. The van der Waals surface area contributed by atoms with Crippen LogP contribution in [0.5, 0.6) is 0 Å². The zero-order valence-electron chi connectivity index (χ0n) is 10.7. The lowest BCUT2D eigenvalue weighted by Crippen LogP contribution is -2.42. The Bertz CT molecular complexity index is 534. The number of amides is 1. The van der Waals surface area contributed by atoms with Crippen molar-refractivity contribution in [3.63, 3.8) is 0 Å². The Morgan fingerprint density at radius 1 is 1.35 bits per heavy atom. The van der Waals surface area contributed by atoms with Crippen LogP contribution >= 0.6 is 23.2 Å². The number of esters is 1. The summed E-state index contributed by atoms with van der Waals surface area (Å²) in [6.07, 6.45) is 1.10. The lowest BCUT2D eigenvalue weighted by Gasteiger charge is -2.12. The van der Waals surface area contributed by atoms with Gasteiger partial charge in [0.25, 0.3) is 5.91 Å². The van der Waals surface area contributed by atoms with Gasteiger partial charge in [0, 0.05) is 5.02 Å². The molecule has 0 aliphatic carbocycles. The number of nitrogens with zero attached hydrogens (tertiary/aromatic N) is 1. The largest absolute Gasteiger partial charge is 0.467 e. The molecule has 1 unspecified atom stereocenters. The summed E-state index contributed by atoms with van der Waals surface area (Å²) in [5, 5.41) is 6.41. The third kappa shape index (κ3) is 4.40. The van der Waals surface area contributed by atoms with Gasteiger partial charge in [0.2, 0.25) is 0 Å². The van der Waals surface area contributed by atoms with E-state index in [1.165, 1.54) is 32.4 Å². The van der Waals surface area contributed by atoms with Gasteiger partial charge in [-0.05, 0) is 18.2 Å². The van der Waals surface area contributed by atoms with Crippen LogP contribution in [0.25, 0.3) is 0 Å². The predicted octanol–water partition coefficient (Wildman–Crippen LogP) is 1.90. The molecule has 1 rings (SSSR count). The van der Waals surface area contributed by atoms with Gasteiger partial charge in [-0.25, -0.2) is 4.79 Å². The summed E-state index contributed by atoms with van der Waals surface area (Å²) in [5.74, 6) is -1.26. The molecule has 0 saturated carbocycles. The maximum absolute atomic E-state index is 12.0. The lowest BCUT2D eigenvalue weighted by atomic mass is 10.2. The van der Waals surface area contributed by atoms with Gasteiger partial charge in [-0.15, -0.1) is 0 Å². The summed E-state index contributed by atoms with van der Waals surface area (Å²) in [6, 6.07) is 3.30. The van der Waals surface area contributed by atoms with E-state index in [1.54, 1.807) is 0 Å². The molecule has 1 aromatic carbocycles. The fourth-order valence-electron chi connectivity index (χ4n) is 1.30. The Hall–Kier alpha value is -1.79. The minimum absolute atomic E-state index is 0.169. The molecule has 0 aliphatic rings. The minimum atomic E-state index is -1.08. The molecule has 0 aliphatic heterocycles. The standard InChI is InChI=1S/C12H12Cl2N2O4/c1-19-12(18)10(6-15-20-2)16-11(17)8-4-3-7(13)5-9(8)14/h3-6,10H,1-2H3,(H,16,17)/b15-6+. The van der Waals surface area contributed by atoms with Gasteiger partial charge in [0.1, 0.15) is 7.11 Å². The number of oxime groups is 1. The Morgan fingerprint density at radius 3 is 2.60 bits per heavy atom. The Morgan fingerprint density at radius 2 is 2.05 bits per heavy atom. The highest BCUT2D eigenvalue weighted by atomic mass is 35.5. The van der Waals surface area contributed by atoms with E-state index in [2.05, 4.69) is 20.0 Å². The lowest BCUT2D eigenvalue weighted by molar-refractivity contribution is -0.140. The van der Waals surface area contributed by atoms with Crippen molar-refractivity contribution in [2.45, 2.75) is 6.04 Å². The number of carbonyl (C=O) groups is 2. The van der Waals surface area contributed by atoms with E-state index in [-0.39, 0.29) is 10.6 Å². The number of hydrogen-bond acceptors (Lipinski definition) is 5. The molecule has 20 heavy (non-hydrogen) atoms. The second kappa shape index (κ2) is 7.72. The smallest absolute Gasteiger partial charge is 0.334 e. The molecule has 0 spiro atoms. The molecule has 8 heteroatoms. The predicted molar refractivity (Wildman–Crippen MR) is 75.2 cm³/mol. The number of carbonyl (C=O) groups excluding carboxylic acids is 2. The molecule has 1 aromatic rings. The molecule has 0 aromatic heterocycles. The fourth-order valence-corrected chi connectivity index (χ4v) is 1.79. The van der Waals surface area contributed by atoms with E-state index in [1.807, 2.05) is 0 Å². The fraction of sp³-hybridized carbons (Fsp3) is 0.250. The van der Waals surface area contributed by atoms with Crippen LogP contribution in [-0.4, -0.2) is 38.4 Å². The van der Waals surface area contributed by atoms with Gasteiger partial charge in [0.05, 0.1) is 23.9 Å². The van der Waals surface area contributed by atoms with Gasteiger partial charge in [-0.1, -0.05) is 28.4 Å². The molecule has 0 bridgehead atoms. The van der Waals surface area contributed by atoms with Crippen LogP contribution in [0, 0.1) is 0 Å². The first-order valence-corrected chi connectivity index (χ1v) is 6.15. The van der Waals surface area contributed by atoms with Crippen LogP contribution in [0.2, 0.25) is 10.0 Å². The third-order valence-electron chi connectivity index (χ3n) is 2.23. The maximum atomic E-state index is 12.0. The summed E-state index contributed by atoms with van der Waals surface area (Å²) in [4.78, 5) is 28.0. The first kappa shape index (κ1) is 16.3. The van der Waals surface area contributed by atoms with Gasteiger partial charge in [-0.2, -0.15) is 0 Å². The van der Waals surface area contributed by atoms with Crippen molar-refractivity contribution in [1.29, 1.82) is 0 Å². The van der Waals surface area contributed by atoms with Crippen molar-refractivity contribution in [2.24, 2.45) is 5.16 Å². The van der Waals surface area contributed by atoms with Crippen LogP contribution in [0.1, 0.15) is 10.4 Å². The van der Waals surface area contributed by atoms with Crippen LogP contribution in [0.4, 0.5) is 0 Å². The summed E-state index contributed by atoms with van der Waals surface area (Å²) in [7, 11) is 2.50. The zero-order chi connectivity index (χ0) is 15.1. The number of nitrogens with one attached hydrogen (secondary N) is 1. The quantitative estimate of drug-likeness (QED) is 0.511. The Kier molecular flexibility index (Phi) is 6.27. The van der Waals surface area contributed by atoms with Crippen molar-refractivity contribution in [3.05, 3.63) is 33.8 Å². The molecule has 1 atom stereocenters. The van der Waals surface area contributed by atoms with Crippen molar-refractivity contribution in [1.82, 2.24) is 5.32 Å². The van der Waals surface area contributed by atoms with Crippen LogP contribution in [0.15, 0.2) is 23.4 Å². The topological polar surface area (TPSA) is 77.0 Å². The molecule has 108 valence electrons. The van der Waals surface area contributed by atoms with Gasteiger partial charge in [-0.3, -0.25) is 4.79 Å². The Labute approximate surface area is 125 Å². The van der Waals surface area contributed by atoms with Crippen molar-refractivity contribution < 1.29 is 19.2 Å². The summed E-state index contributed by atoms with van der Waals surface area (Å²) < 4.78 is 4.54. The number of ether oxygens (including phenoxy) is 1. The van der Waals surface area contributed by atoms with Crippen LogP contribution < -0.4 is 5.32 Å². The van der Waals surface area contributed by atoms with Gasteiger partial charge < -0.3 is 14.9 Å². The molecule has 0 fully saturated rings. The van der Waals surface area contributed by atoms with E-state index in [9.17, 15) is 9.59 Å². The van der Waals surface area contributed by atoms with Crippen molar-refractivity contribution in [2.75, 3.05) is 14.2 Å². The van der Waals surface area contributed by atoms with E-state index in [0.29, 0.717) is 5.02 Å². The molecular formula is C12H12Cl2N2O4. The van der Waals surface area contributed by atoms with Gasteiger partial charge >= 0.3 is 5.97 Å².